The van der Waals surface area contributed by atoms with Crippen molar-refractivity contribution in [2.75, 3.05) is 5.73 Å². The Labute approximate surface area is 128 Å². The average molecular weight is 308 g/mol. The first kappa shape index (κ1) is 15.4. The quantitative estimate of drug-likeness (QED) is 0.681. The molecule has 0 spiro atoms. The zero-order valence-corrected chi connectivity index (χ0v) is 12.9. The third kappa shape index (κ3) is 3.76. The molecule has 6 heteroatoms. The maximum Gasteiger partial charge on any atom is 0.310 e. The highest BCUT2D eigenvalue weighted by molar-refractivity contribution is 6.31. The summed E-state index contributed by atoms with van der Waals surface area (Å²) in [5.41, 5.74) is 8.60. The monoisotopic (exact) mass is 307 g/mol. The Bertz CT molecular complexity index is 635. The molecule has 1 aromatic carbocycles. The van der Waals surface area contributed by atoms with Crippen molar-refractivity contribution in [3.63, 3.8) is 0 Å². The third-order valence-electron chi connectivity index (χ3n) is 3.15. The summed E-state index contributed by atoms with van der Waals surface area (Å²) >= 11 is 6.17. The van der Waals surface area contributed by atoms with Crippen LogP contribution in [0.25, 0.3) is 0 Å². The highest BCUT2D eigenvalue weighted by Gasteiger charge is 2.14. The molecule has 0 amide bonds. The van der Waals surface area contributed by atoms with Crippen LogP contribution in [0.1, 0.15) is 23.9 Å². The smallest absolute Gasteiger partial charge is 0.310 e. The molecule has 2 N–H and O–H groups in total. The van der Waals surface area contributed by atoms with Gasteiger partial charge in [-0.1, -0.05) is 23.7 Å². The lowest BCUT2D eigenvalue weighted by Gasteiger charge is -2.07. The molecule has 0 bridgehead atoms. The van der Waals surface area contributed by atoms with Gasteiger partial charge in [-0.25, -0.2) is 0 Å². The summed E-state index contributed by atoms with van der Waals surface area (Å²) in [6.07, 6.45) is 0.205. The summed E-state index contributed by atoms with van der Waals surface area (Å²) in [5, 5.41) is 4.83. The number of nitrogen functional groups attached to an aromatic ring is 1. The Morgan fingerprint density at radius 1 is 1.38 bits per heavy atom. The van der Waals surface area contributed by atoms with E-state index in [4.69, 9.17) is 22.1 Å². The number of aromatic nitrogens is 2. The molecule has 0 fully saturated rings. The molecule has 0 radical (unpaired) electrons. The van der Waals surface area contributed by atoms with E-state index in [1.807, 2.05) is 26.0 Å². The van der Waals surface area contributed by atoms with Crippen molar-refractivity contribution in [3.05, 3.63) is 46.2 Å². The number of rotatable bonds is 5. The first-order valence-electron chi connectivity index (χ1n) is 6.73. The van der Waals surface area contributed by atoms with Gasteiger partial charge in [0.25, 0.3) is 0 Å². The molecule has 5 nitrogen and oxygen atoms in total. The summed E-state index contributed by atoms with van der Waals surface area (Å²) in [6, 6.07) is 7.14. The van der Waals surface area contributed by atoms with E-state index in [1.165, 1.54) is 0 Å². The fourth-order valence-corrected chi connectivity index (χ4v) is 2.20. The van der Waals surface area contributed by atoms with Crippen molar-refractivity contribution < 1.29 is 9.53 Å². The van der Waals surface area contributed by atoms with Crippen LogP contribution in [0, 0.1) is 6.92 Å². The minimum Gasteiger partial charge on any atom is -0.459 e. The van der Waals surface area contributed by atoms with Crippen molar-refractivity contribution in [2.24, 2.45) is 0 Å². The van der Waals surface area contributed by atoms with Gasteiger partial charge in [-0.2, -0.15) is 5.10 Å². The van der Waals surface area contributed by atoms with Crippen molar-refractivity contribution in [1.82, 2.24) is 9.78 Å². The number of nitrogens with two attached hydrogens (primary N) is 1. The highest BCUT2D eigenvalue weighted by atomic mass is 35.5. The number of carbonyl (C=O) groups excluding carboxylic acids is 1. The van der Waals surface area contributed by atoms with Crippen molar-refractivity contribution in [2.45, 2.75) is 33.4 Å². The van der Waals surface area contributed by atoms with Crippen LogP contribution in [0.15, 0.2) is 24.3 Å². The number of benzene rings is 1. The molecule has 0 unspecified atom stereocenters. The summed E-state index contributed by atoms with van der Waals surface area (Å²) in [7, 11) is 0. The second-order valence-corrected chi connectivity index (χ2v) is 5.12. The van der Waals surface area contributed by atoms with E-state index in [0.29, 0.717) is 17.3 Å². The predicted octanol–water partition coefficient (Wildman–Crippen LogP) is 2.73. The largest absolute Gasteiger partial charge is 0.459 e. The van der Waals surface area contributed by atoms with Crippen molar-refractivity contribution in [1.29, 1.82) is 0 Å². The van der Waals surface area contributed by atoms with Gasteiger partial charge in [0.15, 0.2) is 0 Å². The van der Waals surface area contributed by atoms with Gasteiger partial charge >= 0.3 is 5.97 Å². The van der Waals surface area contributed by atoms with Crippen LogP contribution >= 0.6 is 11.6 Å². The van der Waals surface area contributed by atoms with Crippen LogP contribution in [0.5, 0.6) is 0 Å². The number of hydrogen-bond acceptors (Lipinski definition) is 4. The van der Waals surface area contributed by atoms with E-state index in [1.54, 1.807) is 16.8 Å². The zero-order valence-electron chi connectivity index (χ0n) is 12.1. The van der Waals surface area contributed by atoms with Crippen molar-refractivity contribution in [3.8, 4) is 0 Å². The molecule has 1 aromatic heterocycles. The van der Waals surface area contributed by atoms with Crippen LogP contribution in [-0.4, -0.2) is 15.7 Å². The SMILES string of the molecule is CCn1nc(C)c(Cl)c1COC(=O)Cc1ccc(N)cc1. The zero-order chi connectivity index (χ0) is 15.4. The predicted molar refractivity (Wildman–Crippen MR) is 82.0 cm³/mol. The lowest BCUT2D eigenvalue weighted by Crippen LogP contribution is -2.11. The Balaban J connectivity index is 1.96. The van der Waals surface area contributed by atoms with Gasteiger partial charge in [-0.05, 0) is 31.5 Å². The number of halogens is 1. The van der Waals surface area contributed by atoms with E-state index >= 15 is 0 Å². The van der Waals surface area contributed by atoms with E-state index in [2.05, 4.69) is 5.10 Å². The van der Waals surface area contributed by atoms with Crippen molar-refractivity contribution >= 4 is 23.3 Å². The molecule has 2 aromatic rings. The van der Waals surface area contributed by atoms with E-state index in [0.717, 1.165) is 17.0 Å². The molecule has 0 aliphatic carbocycles. The minimum absolute atomic E-state index is 0.126. The van der Waals surface area contributed by atoms with Crippen LogP contribution in [0.2, 0.25) is 5.02 Å². The molecular formula is C15H18ClN3O2. The molecule has 21 heavy (non-hydrogen) atoms. The van der Waals surface area contributed by atoms with Crippen LogP contribution in [0.3, 0.4) is 0 Å². The van der Waals surface area contributed by atoms with E-state index < -0.39 is 0 Å². The van der Waals surface area contributed by atoms with Gasteiger partial charge in [0.1, 0.15) is 6.61 Å². The molecule has 0 saturated carbocycles. The second-order valence-electron chi connectivity index (χ2n) is 4.74. The molecule has 1 heterocycles. The maximum atomic E-state index is 11.9. The molecule has 0 aliphatic heterocycles. The molecule has 2 rings (SSSR count). The number of carbonyl (C=O) groups is 1. The first-order valence-corrected chi connectivity index (χ1v) is 7.11. The van der Waals surface area contributed by atoms with E-state index in [9.17, 15) is 4.79 Å². The van der Waals surface area contributed by atoms with Crippen LogP contribution in [0.4, 0.5) is 5.69 Å². The van der Waals surface area contributed by atoms with Gasteiger partial charge in [0, 0.05) is 12.2 Å². The minimum atomic E-state index is -0.308. The van der Waals surface area contributed by atoms with E-state index in [-0.39, 0.29) is 19.0 Å². The summed E-state index contributed by atoms with van der Waals surface area (Å²) in [4.78, 5) is 11.9. The normalized spacial score (nSPS) is 10.6. The molecular weight excluding hydrogens is 290 g/mol. The Kier molecular flexibility index (Phi) is 4.85. The molecule has 0 saturated heterocycles. The molecule has 0 aliphatic rings. The Morgan fingerprint density at radius 3 is 2.67 bits per heavy atom. The van der Waals surface area contributed by atoms with Gasteiger partial charge in [-0.3, -0.25) is 9.48 Å². The Morgan fingerprint density at radius 2 is 2.05 bits per heavy atom. The molecule has 0 atom stereocenters. The topological polar surface area (TPSA) is 70.1 Å². The Hall–Kier alpha value is -2.01. The van der Waals surface area contributed by atoms with Gasteiger partial charge < -0.3 is 10.5 Å². The number of aryl methyl sites for hydroxylation is 2. The first-order chi connectivity index (χ1) is 10.0. The number of anilines is 1. The average Bonchev–Trinajstić information content (AvgIpc) is 2.74. The standard InChI is InChI=1S/C15H18ClN3O2/c1-3-19-13(15(16)10(2)18-19)9-21-14(20)8-11-4-6-12(17)7-5-11/h4-7H,3,8-9,17H2,1-2H3. The van der Waals surface area contributed by atoms with Gasteiger partial charge in [0.05, 0.1) is 22.8 Å². The maximum absolute atomic E-state index is 11.9. The number of ether oxygens (including phenoxy) is 1. The highest BCUT2D eigenvalue weighted by Crippen LogP contribution is 2.21. The number of esters is 1. The third-order valence-corrected chi connectivity index (χ3v) is 3.64. The lowest BCUT2D eigenvalue weighted by atomic mass is 10.1. The summed E-state index contributed by atoms with van der Waals surface area (Å²) in [5.74, 6) is -0.308. The fourth-order valence-electron chi connectivity index (χ4n) is 2.01. The fraction of sp³-hybridized carbons (Fsp3) is 0.333. The van der Waals surface area contributed by atoms with Crippen LogP contribution in [-0.2, 0) is 29.1 Å². The number of nitrogens with zero attached hydrogens (tertiary/aromatic N) is 2. The van der Waals surface area contributed by atoms with Gasteiger partial charge in [0.2, 0.25) is 0 Å². The summed E-state index contributed by atoms with van der Waals surface area (Å²) in [6.45, 7) is 4.59. The molecule has 112 valence electrons. The van der Waals surface area contributed by atoms with Crippen LogP contribution < -0.4 is 5.73 Å². The van der Waals surface area contributed by atoms with Gasteiger partial charge in [-0.15, -0.1) is 0 Å². The second kappa shape index (κ2) is 6.63. The lowest BCUT2D eigenvalue weighted by molar-refractivity contribution is -0.144. The number of hydrogen-bond donors (Lipinski definition) is 1. The summed E-state index contributed by atoms with van der Waals surface area (Å²) < 4.78 is 7.03.